The van der Waals surface area contributed by atoms with Crippen LogP contribution in [-0.4, -0.2) is 50.0 Å². The number of amides is 1. The maximum Gasteiger partial charge on any atom is 0.229 e. The van der Waals surface area contributed by atoms with Crippen molar-refractivity contribution in [2.75, 3.05) is 32.1 Å². The standard InChI is InChI=1S/C23H31N5O.HI/c1-4-24-23(25-15-18-10-8-9-11-19(18)16-27(2)3)26-20-14-22(29)28(17-20)21-12-6-5-7-13-21;/h5-13,20H,4,14-17H2,1-3H3,(H2,24,25,26);1H. The van der Waals surface area contributed by atoms with Gasteiger partial charge in [-0.2, -0.15) is 0 Å². The van der Waals surface area contributed by atoms with Crippen molar-refractivity contribution in [2.45, 2.75) is 32.5 Å². The van der Waals surface area contributed by atoms with Crippen LogP contribution in [0.2, 0.25) is 0 Å². The number of nitrogens with one attached hydrogen (secondary N) is 2. The van der Waals surface area contributed by atoms with E-state index in [1.807, 2.05) is 42.2 Å². The van der Waals surface area contributed by atoms with Gasteiger partial charge in [-0.15, -0.1) is 24.0 Å². The van der Waals surface area contributed by atoms with Crippen molar-refractivity contribution in [3.05, 3.63) is 65.7 Å². The Morgan fingerprint density at radius 2 is 1.77 bits per heavy atom. The van der Waals surface area contributed by atoms with E-state index in [4.69, 9.17) is 4.99 Å². The van der Waals surface area contributed by atoms with Crippen molar-refractivity contribution in [3.8, 4) is 0 Å². The molecule has 1 fully saturated rings. The number of halogens is 1. The Labute approximate surface area is 196 Å². The molecule has 0 aliphatic carbocycles. The summed E-state index contributed by atoms with van der Waals surface area (Å²) < 4.78 is 0. The van der Waals surface area contributed by atoms with Crippen LogP contribution in [0.15, 0.2) is 59.6 Å². The first kappa shape index (κ1) is 24.1. The normalized spacial score (nSPS) is 16.5. The zero-order valence-corrected chi connectivity index (χ0v) is 20.3. The molecule has 6 nitrogen and oxygen atoms in total. The number of nitrogens with zero attached hydrogens (tertiary/aromatic N) is 3. The lowest BCUT2D eigenvalue weighted by Crippen LogP contribution is -2.44. The molecule has 1 amide bonds. The van der Waals surface area contributed by atoms with Crippen molar-refractivity contribution < 1.29 is 4.79 Å². The van der Waals surface area contributed by atoms with Gasteiger partial charge in [0.25, 0.3) is 0 Å². The maximum atomic E-state index is 12.5. The van der Waals surface area contributed by atoms with Crippen molar-refractivity contribution in [2.24, 2.45) is 4.99 Å². The molecule has 0 spiro atoms. The highest BCUT2D eigenvalue weighted by molar-refractivity contribution is 14.0. The minimum atomic E-state index is 0. The number of hydrogen-bond acceptors (Lipinski definition) is 3. The first-order valence-electron chi connectivity index (χ1n) is 10.2. The predicted molar refractivity (Wildman–Crippen MR) is 134 cm³/mol. The molecule has 2 aromatic carbocycles. The molecule has 7 heteroatoms. The van der Waals surface area contributed by atoms with Crippen molar-refractivity contribution in [1.29, 1.82) is 0 Å². The summed E-state index contributed by atoms with van der Waals surface area (Å²) in [6.07, 6.45) is 0.469. The lowest BCUT2D eigenvalue weighted by molar-refractivity contribution is -0.117. The number of benzene rings is 2. The van der Waals surface area contributed by atoms with E-state index in [1.165, 1.54) is 11.1 Å². The average molecular weight is 521 g/mol. The number of carbonyl (C=O) groups is 1. The highest BCUT2D eigenvalue weighted by Crippen LogP contribution is 2.21. The number of aliphatic imine (C=N–C) groups is 1. The predicted octanol–water partition coefficient (Wildman–Crippen LogP) is 3.23. The molecule has 2 N–H and O–H groups in total. The minimum absolute atomic E-state index is 0. The number of rotatable bonds is 7. The van der Waals surface area contributed by atoms with E-state index >= 15 is 0 Å². The van der Waals surface area contributed by atoms with Crippen LogP contribution in [0.1, 0.15) is 24.5 Å². The van der Waals surface area contributed by atoms with E-state index in [1.54, 1.807) is 0 Å². The van der Waals surface area contributed by atoms with Gasteiger partial charge in [-0.3, -0.25) is 4.79 Å². The van der Waals surface area contributed by atoms with Gasteiger partial charge in [-0.1, -0.05) is 42.5 Å². The smallest absolute Gasteiger partial charge is 0.229 e. The van der Waals surface area contributed by atoms with Crippen molar-refractivity contribution in [1.82, 2.24) is 15.5 Å². The molecule has 0 radical (unpaired) electrons. The highest BCUT2D eigenvalue weighted by Gasteiger charge is 2.31. The largest absolute Gasteiger partial charge is 0.357 e. The van der Waals surface area contributed by atoms with Crippen molar-refractivity contribution >= 4 is 41.5 Å². The van der Waals surface area contributed by atoms with E-state index in [-0.39, 0.29) is 35.9 Å². The Morgan fingerprint density at radius 3 is 2.43 bits per heavy atom. The second kappa shape index (κ2) is 11.9. The van der Waals surface area contributed by atoms with E-state index in [0.29, 0.717) is 19.5 Å². The summed E-state index contributed by atoms with van der Waals surface area (Å²) >= 11 is 0. The van der Waals surface area contributed by atoms with Gasteiger partial charge in [0.15, 0.2) is 5.96 Å². The van der Waals surface area contributed by atoms with E-state index in [9.17, 15) is 4.79 Å². The Hall–Kier alpha value is -2.13. The molecular formula is C23H32IN5O. The molecule has 0 bridgehead atoms. The van der Waals surface area contributed by atoms with E-state index in [2.05, 4.69) is 53.9 Å². The van der Waals surface area contributed by atoms with E-state index in [0.717, 1.165) is 24.7 Å². The van der Waals surface area contributed by atoms with Gasteiger partial charge in [-0.05, 0) is 44.3 Å². The van der Waals surface area contributed by atoms with Crippen LogP contribution in [0, 0.1) is 0 Å². The Kier molecular flexibility index (Phi) is 9.58. The minimum Gasteiger partial charge on any atom is -0.357 e. The summed E-state index contributed by atoms with van der Waals surface area (Å²) in [5.74, 6) is 0.890. The molecule has 2 aromatic rings. The van der Waals surface area contributed by atoms with Crippen LogP contribution in [-0.2, 0) is 17.9 Å². The maximum absolute atomic E-state index is 12.5. The molecule has 1 aliphatic heterocycles. The lowest BCUT2D eigenvalue weighted by Gasteiger charge is -2.19. The fourth-order valence-electron chi connectivity index (χ4n) is 3.55. The van der Waals surface area contributed by atoms with Gasteiger partial charge >= 0.3 is 0 Å². The molecule has 1 atom stereocenters. The monoisotopic (exact) mass is 521 g/mol. The summed E-state index contributed by atoms with van der Waals surface area (Å²) in [4.78, 5) is 21.3. The first-order valence-corrected chi connectivity index (χ1v) is 10.2. The third-order valence-corrected chi connectivity index (χ3v) is 4.89. The Balaban J connectivity index is 0.00000320. The zero-order valence-electron chi connectivity index (χ0n) is 18.0. The molecule has 1 unspecified atom stereocenters. The molecule has 1 heterocycles. The van der Waals surface area contributed by atoms with Gasteiger partial charge in [-0.25, -0.2) is 4.99 Å². The molecular weight excluding hydrogens is 489 g/mol. The summed E-state index contributed by atoms with van der Waals surface area (Å²) in [5, 5.41) is 6.75. The molecule has 30 heavy (non-hydrogen) atoms. The van der Waals surface area contributed by atoms with Crippen LogP contribution >= 0.6 is 24.0 Å². The van der Waals surface area contributed by atoms with Crippen LogP contribution in [0.5, 0.6) is 0 Å². The molecule has 1 saturated heterocycles. The fraction of sp³-hybridized carbons (Fsp3) is 0.391. The SMILES string of the molecule is CCNC(=NCc1ccccc1CN(C)C)NC1CC(=O)N(c2ccccc2)C1.I. The van der Waals surface area contributed by atoms with Gasteiger partial charge in [0.05, 0.1) is 12.6 Å². The van der Waals surface area contributed by atoms with Crippen LogP contribution < -0.4 is 15.5 Å². The number of para-hydroxylation sites is 1. The third-order valence-electron chi connectivity index (χ3n) is 4.89. The third kappa shape index (κ3) is 6.70. The van der Waals surface area contributed by atoms with Crippen molar-refractivity contribution in [3.63, 3.8) is 0 Å². The van der Waals surface area contributed by atoms with E-state index < -0.39 is 0 Å². The quantitative estimate of drug-likeness (QED) is 0.334. The highest BCUT2D eigenvalue weighted by atomic mass is 127. The van der Waals surface area contributed by atoms with Gasteiger partial charge in [0, 0.05) is 31.7 Å². The number of guanidine groups is 1. The van der Waals surface area contributed by atoms with Gasteiger partial charge < -0.3 is 20.4 Å². The average Bonchev–Trinajstić information content (AvgIpc) is 3.07. The topological polar surface area (TPSA) is 60.0 Å². The van der Waals surface area contributed by atoms with Crippen LogP contribution in [0.4, 0.5) is 5.69 Å². The van der Waals surface area contributed by atoms with Gasteiger partial charge in [0.2, 0.25) is 5.91 Å². The zero-order chi connectivity index (χ0) is 20.6. The Bertz CT molecular complexity index is 840. The summed E-state index contributed by atoms with van der Waals surface area (Å²) in [6.45, 7) is 4.95. The Morgan fingerprint density at radius 1 is 1.10 bits per heavy atom. The number of anilines is 1. The molecule has 1 aliphatic rings. The molecule has 3 rings (SSSR count). The lowest BCUT2D eigenvalue weighted by atomic mass is 10.1. The fourth-order valence-corrected chi connectivity index (χ4v) is 3.55. The molecule has 162 valence electrons. The first-order chi connectivity index (χ1) is 14.1. The van der Waals surface area contributed by atoms with Gasteiger partial charge in [0.1, 0.15) is 0 Å². The molecule has 0 aromatic heterocycles. The number of carbonyl (C=O) groups excluding carboxylic acids is 1. The second-order valence-electron chi connectivity index (χ2n) is 7.59. The summed E-state index contributed by atoms with van der Waals surface area (Å²) in [7, 11) is 4.14. The summed E-state index contributed by atoms with van der Waals surface area (Å²) in [6, 6.07) is 18.3. The molecule has 0 saturated carbocycles. The second-order valence-corrected chi connectivity index (χ2v) is 7.59. The van der Waals surface area contributed by atoms with Crippen LogP contribution in [0.3, 0.4) is 0 Å². The number of hydrogen-bond donors (Lipinski definition) is 2. The van der Waals surface area contributed by atoms with Crippen LogP contribution in [0.25, 0.3) is 0 Å². The summed E-state index contributed by atoms with van der Waals surface area (Å²) in [5.41, 5.74) is 3.44.